The van der Waals surface area contributed by atoms with E-state index in [9.17, 15) is 4.79 Å². The van der Waals surface area contributed by atoms with Crippen molar-refractivity contribution in [3.8, 4) is 6.07 Å². The fourth-order valence-electron chi connectivity index (χ4n) is 2.13. The molecule has 0 aliphatic carbocycles. The molecule has 1 atom stereocenters. The number of carbonyl (C=O) groups is 1. The van der Waals surface area contributed by atoms with Crippen molar-refractivity contribution in [1.82, 2.24) is 9.78 Å². The molecule has 5 nitrogen and oxygen atoms in total. The quantitative estimate of drug-likeness (QED) is 0.855. The van der Waals surface area contributed by atoms with Crippen LogP contribution >= 0.6 is 11.8 Å². The number of nitrogens with zero attached hydrogens (tertiary/aromatic N) is 3. The molecule has 2 N–H and O–H groups in total. The lowest BCUT2D eigenvalue weighted by molar-refractivity contribution is 0.0874. The fraction of sp³-hybridized carbons (Fsp3) is 0.154. The number of nitrogen functional groups attached to an aromatic ring is 1. The molecule has 1 unspecified atom stereocenters. The van der Waals surface area contributed by atoms with Crippen molar-refractivity contribution >= 4 is 23.5 Å². The first-order valence-corrected chi connectivity index (χ1v) is 6.70. The summed E-state index contributed by atoms with van der Waals surface area (Å²) in [4.78, 5) is 13.6. The first kappa shape index (κ1) is 11.8. The van der Waals surface area contributed by atoms with Gasteiger partial charge in [0.25, 0.3) is 5.91 Å². The van der Waals surface area contributed by atoms with Gasteiger partial charge in [0.2, 0.25) is 0 Å². The van der Waals surface area contributed by atoms with Gasteiger partial charge in [-0.3, -0.25) is 4.79 Å². The van der Waals surface area contributed by atoms with E-state index in [0.29, 0.717) is 5.75 Å². The second-order valence-electron chi connectivity index (χ2n) is 4.21. The van der Waals surface area contributed by atoms with E-state index in [2.05, 4.69) is 5.10 Å². The number of nitrogens with two attached hydrogens (primary N) is 1. The lowest BCUT2D eigenvalue weighted by atomic mass is 10.0. The molecule has 2 heterocycles. The molecule has 0 radical (unpaired) electrons. The van der Waals surface area contributed by atoms with Crippen molar-refractivity contribution in [1.29, 1.82) is 5.26 Å². The van der Waals surface area contributed by atoms with Gasteiger partial charge in [-0.05, 0) is 11.6 Å². The number of fused-ring (bicyclic) bond motifs is 1. The maximum absolute atomic E-state index is 12.5. The molecule has 0 bridgehead atoms. The van der Waals surface area contributed by atoms with Gasteiger partial charge in [-0.1, -0.05) is 18.2 Å². The normalized spacial score (nSPS) is 16.9. The van der Waals surface area contributed by atoms with Crippen LogP contribution in [0.5, 0.6) is 0 Å². The number of aromatic nitrogens is 2. The summed E-state index contributed by atoms with van der Waals surface area (Å²) in [6.45, 7) is 0. The van der Waals surface area contributed by atoms with Crippen LogP contribution in [0.4, 0.5) is 5.82 Å². The van der Waals surface area contributed by atoms with Crippen molar-refractivity contribution in [2.45, 2.75) is 10.8 Å². The van der Waals surface area contributed by atoms with E-state index in [-0.39, 0.29) is 23.2 Å². The molecular weight excluding hydrogens is 260 g/mol. The van der Waals surface area contributed by atoms with Crippen LogP contribution in [-0.2, 0) is 0 Å². The SMILES string of the molecule is N#Cc1cnn(C(=O)C2CSc3ccccc32)c1N. The van der Waals surface area contributed by atoms with Gasteiger partial charge in [0.1, 0.15) is 17.5 Å². The van der Waals surface area contributed by atoms with Gasteiger partial charge < -0.3 is 5.73 Å². The van der Waals surface area contributed by atoms with Gasteiger partial charge in [0.15, 0.2) is 0 Å². The molecule has 1 aromatic heterocycles. The smallest absolute Gasteiger partial charge is 0.257 e. The van der Waals surface area contributed by atoms with Crippen LogP contribution in [0.2, 0.25) is 0 Å². The summed E-state index contributed by atoms with van der Waals surface area (Å²) in [6, 6.07) is 9.73. The molecule has 94 valence electrons. The molecule has 0 saturated carbocycles. The zero-order valence-electron chi connectivity index (χ0n) is 9.91. The minimum atomic E-state index is -0.255. The summed E-state index contributed by atoms with van der Waals surface area (Å²) >= 11 is 1.65. The Bertz CT molecular complexity index is 701. The van der Waals surface area contributed by atoms with Crippen molar-refractivity contribution < 1.29 is 4.79 Å². The third-order valence-corrected chi connectivity index (χ3v) is 4.32. The highest BCUT2D eigenvalue weighted by Crippen LogP contribution is 2.40. The Morgan fingerprint density at radius 2 is 2.32 bits per heavy atom. The van der Waals surface area contributed by atoms with E-state index in [1.54, 1.807) is 11.8 Å². The van der Waals surface area contributed by atoms with Crippen molar-refractivity contribution in [3.63, 3.8) is 0 Å². The highest BCUT2D eigenvalue weighted by Gasteiger charge is 2.31. The molecule has 0 spiro atoms. The molecule has 2 aromatic rings. The highest BCUT2D eigenvalue weighted by molar-refractivity contribution is 7.99. The van der Waals surface area contributed by atoms with E-state index >= 15 is 0 Å². The van der Waals surface area contributed by atoms with Crippen LogP contribution in [0.25, 0.3) is 0 Å². The average molecular weight is 270 g/mol. The van der Waals surface area contributed by atoms with Gasteiger partial charge in [0, 0.05) is 10.6 Å². The fourth-order valence-corrected chi connectivity index (χ4v) is 3.35. The van der Waals surface area contributed by atoms with Crippen LogP contribution in [0, 0.1) is 11.3 Å². The number of hydrogen-bond donors (Lipinski definition) is 1. The predicted octanol–water partition coefficient (Wildman–Crippen LogP) is 1.87. The van der Waals surface area contributed by atoms with Crippen LogP contribution in [0.3, 0.4) is 0 Å². The second-order valence-corrected chi connectivity index (χ2v) is 5.27. The third kappa shape index (κ3) is 1.79. The Hall–Kier alpha value is -2.26. The van der Waals surface area contributed by atoms with Crippen LogP contribution < -0.4 is 5.73 Å². The van der Waals surface area contributed by atoms with E-state index < -0.39 is 0 Å². The van der Waals surface area contributed by atoms with Crippen LogP contribution in [0.1, 0.15) is 21.8 Å². The molecule has 1 aliphatic heterocycles. The number of hydrogen-bond acceptors (Lipinski definition) is 5. The maximum Gasteiger partial charge on any atom is 0.257 e. The number of rotatable bonds is 1. The molecule has 0 saturated heterocycles. The molecule has 0 amide bonds. The molecule has 3 rings (SSSR count). The van der Waals surface area contributed by atoms with Gasteiger partial charge >= 0.3 is 0 Å². The summed E-state index contributed by atoms with van der Waals surface area (Å²) in [6.07, 6.45) is 1.32. The molecular formula is C13H10N4OS. The lowest BCUT2D eigenvalue weighted by Gasteiger charge is -2.10. The van der Waals surface area contributed by atoms with E-state index in [4.69, 9.17) is 11.0 Å². The highest BCUT2D eigenvalue weighted by atomic mass is 32.2. The molecule has 19 heavy (non-hydrogen) atoms. The minimum absolute atomic E-state index is 0.113. The zero-order chi connectivity index (χ0) is 13.4. The molecule has 0 fully saturated rings. The standard InChI is InChI=1S/C13H10N4OS/c14-5-8-6-16-17(12(8)15)13(18)10-7-19-11-4-2-1-3-9(10)11/h1-4,6,10H,7,15H2. The Kier molecular flexibility index (Phi) is 2.76. The van der Waals surface area contributed by atoms with Crippen LogP contribution in [-0.4, -0.2) is 21.4 Å². The first-order chi connectivity index (χ1) is 9.22. The number of nitriles is 1. The van der Waals surface area contributed by atoms with E-state index in [0.717, 1.165) is 15.1 Å². The van der Waals surface area contributed by atoms with Crippen LogP contribution in [0.15, 0.2) is 35.4 Å². The van der Waals surface area contributed by atoms with Gasteiger partial charge in [-0.15, -0.1) is 11.8 Å². The number of benzene rings is 1. The second kappa shape index (κ2) is 4.44. The Morgan fingerprint density at radius 1 is 1.53 bits per heavy atom. The van der Waals surface area contributed by atoms with Crippen molar-refractivity contribution in [2.24, 2.45) is 0 Å². The van der Waals surface area contributed by atoms with Crippen molar-refractivity contribution in [2.75, 3.05) is 11.5 Å². The first-order valence-electron chi connectivity index (χ1n) is 5.72. The number of thioether (sulfide) groups is 1. The predicted molar refractivity (Wildman–Crippen MR) is 71.9 cm³/mol. The summed E-state index contributed by atoms with van der Waals surface area (Å²) in [5, 5.41) is 12.8. The average Bonchev–Trinajstić information content (AvgIpc) is 3.01. The van der Waals surface area contributed by atoms with Gasteiger partial charge in [-0.25, -0.2) is 0 Å². The van der Waals surface area contributed by atoms with Crippen molar-refractivity contribution in [3.05, 3.63) is 41.6 Å². The Labute approximate surface area is 114 Å². The zero-order valence-corrected chi connectivity index (χ0v) is 10.7. The maximum atomic E-state index is 12.5. The lowest BCUT2D eigenvalue weighted by Crippen LogP contribution is -2.22. The summed E-state index contributed by atoms with van der Waals surface area (Å²) in [5.74, 6) is 0.354. The number of carbonyl (C=O) groups excluding carboxylic acids is 1. The van der Waals surface area contributed by atoms with E-state index in [1.807, 2.05) is 30.3 Å². The largest absolute Gasteiger partial charge is 0.382 e. The Balaban J connectivity index is 1.98. The minimum Gasteiger partial charge on any atom is -0.382 e. The monoisotopic (exact) mass is 270 g/mol. The molecule has 1 aliphatic rings. The topological polar surface area (TPSA) is 84.7 Å². The summed E-state index contributed by atoms with van der Waals surface area (Å²) in [7, 11) is 0. The summed E-state index contributed by atoms with van der Waals surface area (Å²) < 4.78 is 1.13. The van der Waals surface area contributed by atoms with E-state index in [1.165, 1.54) is 6.20 Å². The molecule has 1 aromatic carbocycles. The van der Waals surface area contributed by atoms with Gasteiger partial charge in [-0.2, -0.15) is 15.0 Å². The number of anilines is 1. The molecule has 6 heteroatoms. The summed E-state index contributed by atoms with van der Waals surface area (Å²) in [5.41, 5.74) is 6.99. The van der Waals surface area contributed by atoms with Gasteiger partial charge in [0.05, 0.1) is 12.1 Å². The third-order valence-electron chi connectivity index (χ3n) is 3.13. The Morgan fingerprint density at radius 3 is 3.05 bits per heavy atom.